The van der Waals surface area contributed by atoms with Crippen LogP contribution < -0.4 is 0 Å². The van der Waals surface area contributed by atoms with Crippen molar-refractivity contribution in [2.75, 3.05) is 26.2 Å². The number of hydrogen-bond donors (Lipinski definition) is 3. The molecule has 3 unspecified atom stereocenters. The van der Waals surface area contributed by atoms with Gasteiger partial charge in [0.2, 0.25) is 0 Å². The zero-order chi connectivity index (χ0) is 28.8. The normalized spacial score (nSPS) is 15.7. The summed E-state index contributed by atoms with van der Waals surface area (Å²) in [5.74, 6) is -4.52. The van der Waals surface area contributed by atoms with E-state index in [9.17, 15) is 29.7 Å². The molecule has 0 aliphatic carbocycles. The van der Waals surface area contributed by atoms with Crippen LogP contribution >= 0.6 is 0 Å². The van der Waals surface area contributed by atoms with Crippen LogP contribution in [0.2, 0.25) is 0 Å². The van der Waals surface area contributed by atoms with Crippen molar-refractivity contribution < 1.29 is 34.2 Å². The second-order valence-electron chi connectivity index (χ2n) is 11.2. The highest BCUT2D eigenvalue weighted by molar-refractivity contribution is 5.71. The van der Waals surface area contributed by atoms with Crippen molar-refractivity contribution in [2.24, 2.45) is 17.8 Å². The molecule has 222 valence electrons. The molecule has 0 aromatic carbocycles. The van der Waals surface area contributed by atoms with Crippen LogP contribution in [0.4, 0.5) is 0 Å². The minimum atomic E-state index is -0.891. The van der Waals surface area contributed by atoms with Crippen LogP contribution in [0.3, 0.4) is 0 Å². The smallest absolute Gasteiger partial charge is 0.312 e. The lowest BCUT2D eigenvalue weighted by atomic mass is 9.95. The third-order valence-electron chi connectivity index (χ3n) is 7.99. The van der Waals surface area contributed by atoms with E-state index in [2.05, 4.69) is 19.1 Å². The van der Waals surface area contributed by atoms with Gasteiger partial charge in [0.25, 0.3) is 0 Å². The molecule has 0 spiro atoms. The van der Waals surface area contributed by atoms with Gasteiger partial charge < -0.3 is 19.8 Å². The number of carboxylic acid groups (broad SMARTS) is 3. The first-order valence-corrected chi connectivity index (χ1v) is 15.3. The first kappa shape index (κ1) is 36.1. The summed E-state index contributed by atoms with van der Waals surface area (Å²) in [6, 6.07) is 0. The maximum Gasteiger partial charge on any atom is 0.312 e. The molecule has 0 aliphatic rings. The summed E-state index contributed by atoms with van der Waals surface area (Å²) in [7, 11) is 0. The highest BCUT2D eigenvalue weighted by atomic mass is 16.4. The fourth-order valence-corrected chi connectivity index (χ4v) is 5.37. The highest BCUT2D eigenvalue weighted by Gasteiger charge is 2.40. The maximum atomic E-state index is 11.9. The Morgan fingerprint density at radius 3 is 1.24 bits per heavy atom. The molecule has 7 nitrogen and oxygen atoms in total. The van der Waals surface area contributed by atoms with E-state index in [4.69, 9.17) is 0 Å². The Kier molecular flexibility index (Phi) is 20.9. The van der Waals surface area contributed by atoms with Gasteiger partial charge in [-0.2, -0.15) is 0 Å². The summed E-state index contributed by atoms with van der Waals surface area (Å²) < 4.78 is 0.256. The molecule has 0 saturated heterocycles. The van der Waals surface area contributed by atoms with Gasteiger partial charge in [-0.15, -0.1) is 0 Å². The quantitative estimate of drug-likeness (QED) is 0.0599. The van der Waals surface area contributed by atoms with Crippen molar-refractivity contribution in [1.82, 2.24) is 0 Å². The number of rotatable bonds is 26. The molecule has 3 N–H and O–H groups in total. The van der Waals surface area contributed by atoms with Gasteiger partial charge >= 0.3 is 17.9 Å². The van der Waals surface area contributed by atoms with Crippen molar-refractivity contribution in [3.63, 3.8) is 0 Å². The van der Waals surface area contributed by atoms with E-state index in [0.717, 1.165) is 19.3 Å². The Balaban J connectivity index is 5.04. The molecule has 0 aliphatic heterocycles. The number of carbonyl (C=O) groups is 3. The van der Waals surface area contributed by atoms with E-state index in [0.29, 0.717) is 25.8 Å². The third-order valence-corrected chi connectivity index (χ3v) is 7.99. The van der Waals surface area contributed by atoms with Crippen LogP contribution in [0.25, 0.3) is 0 Å². The van der Waals surface area contributed by atoms with Gasteiger partial charge in [0.05, 0.1) is 26.2 Å². The van der Waals surface area contributed by atoms with Crippen molar-refractivity contribution >= 4 is 17.9 Å². The minimum Gasteiger partial charge on any atom is -0.481 e. The second-order valence-corrected chi connectivity index (χ2v) is 11.2. The molecule has 0 heterocycles. The number of unbranched alkanes of at least 4 members (excludes halogenated alkanes) is 10. The lowest BCUT2D eigenvalue weighted by Gasteiger charge is -2.43. The molecular weight excluding hydrogens is 482 g/mol. The predicted octanol–water partition coefficient (Wildman–Crippen LogP) is 7.39. The van der Waals surface area contributed by atoms with E-state index in [-0.39, 0.29) is 24.1 Å². The monoisotopic (exact) mass is 540 g/mol. The van der Waals surface area contributed by atoms with Crippen LogP contribution in [-0.2, 0) is 14.4 Å². The van der Waals surface area contributed by atoms with Gasteiger partial charge in [-0.3, -0.25) is 14.4 Å². The van der Waals surface area contributed by atoms with E-state index >= 15 is 0 Å². The zero-order valence-electron chi connectivity index (χ0n) is 24.8. The fourth-order valence-electron chi connectivity index (χ4n) is 5.37. The Bertz CT molecular complexity index is 617. The van der Waals surface area contributed by atoms with E-state index < -0.39 is 35.7 Å². The summed E-state index contributed by atoms with van der Waals surface area (Å²) in [5.41, 5.74) is 0. The summed E-state index contributed by atoms with van der Waals surface area (Å²) in [5, 5.41) is 29.4. The average Bonchev–Trinajstić information content (AvgIpc) is 2.88. The number of nitrogens with zero attached hydrogens (tertiary/aromatic N) is 1. The highest BCUT2D eigenvalue weighted by Crippen LogP contribution is 2.25. The Hall–Kier alpha value is -1.89. The third kappa shape index (κ3) is 16.2. The average molecular weight is 541 g/mol. The van der Waals surface area contributed by atoms with Crippen LogP contribution in [-0.4, -0.2) is 63.9 Å². The lowest BCUT2D eigenvalue weighted by Crippen LogP contribution is -2.58. The molecule has 0 amide bonds. The van der Waals surface area contributed by atoms with Gasteiger partial charge in [0, 0.05) is 0 Å². The number of allylic oxidation sites excluding steroid dienone is 2. The number of aliphatic carboxylic acids is 3. The molecule has 0 radical (unpaired) electrons. The van der Waals surface area contributed by atoms with Gasteiger partial charge in [-0.05, 0) is 51.4 Å². The fraction of sp³-hybridized carbons (Fsp3) is 0.839. The van der Waals surface area contributed by atoms with Crippen molar-refractivity contribution in [3.05, 3.63) is 12.2 Å². The molecule has 0 rings (SSSR count). The molecule has 0 bridgehead atoms. The van der Waals surface area contributed by atoms with E-state index in [1.165, 1.54) is 57.8 Å². The van der Waals surface area contributed by atoms with E-state index in [1.807, 2.05) is 20.8 Å². The molecule has 0 fully saturated rings. The van der Waals surface area contributed by atoms with Gasteiger partial charge in [0.15, 0.2) is 0 Å². The molecular formula is C31H58NO6+. The zero-order valence-corrected chi connectivity index (χ0v) is 24.8. The molecule has 3 atom stereocenters. The summed E-state index contributed by atoms with van der Waals surface area (Å²) >= 11 is 0. The molecule has 7 heteroatoms. The van der Waals surface area contributed by atoms with Gasteiger partial charge in [-0.1, -0.05) is 84.8 Å². The molecule has 0 aromatic heterocycles. The first-order chi connectivity index (χ1) is 18.2. The van der Waals surface area contributed by atoms with Crippen LogP contribution in [0, 0.1) is 17.8 Å². The van der Waals surface area contributed by atoms with E-state index in [1.54, 1.807) is 0 Å². The predicted molar refractivity (Wildman–Crippen MR) is 154 cm³/mol. The van der Waals surface area contributed by atoms with Crippen LogP contribution in [0.15, 0.2) is 12.2 Å². The summed E-state index contributed by atoms with van der Waals surface area (Å²) in [6.45, 7) is 9.19. The topological polar surface area (TPSA) is 112 Å². The second kappa shape index (κ2) is 22.0. The van der Waals surface area contributed by atoms with Gasteiger partial charge in [0.1, 0.15) is 17.8 Å². The Morgan fingerprint density at radius 2 is 0.895 bits per heavy atom. The SMILES string of the molecule is CCCC/C=C/CCCCCCCCCC[N+](CC(CC)C(=O)O)(CC(CC)C(=O)O)CC(CC)C(=O)O. The number of carboxylic acids is 3. The summed E-state index contributed by atoms with van der Waals surface area (Å²) in [4.78, 5) is 35.8. The number of hydrogen-bond acceptors (Lipinski definition) is 3. The van der Waals surface area contributed by atoms with Crippen molar-refractivity contribution in [3.8, 4) is 0 Å². The minimum absolute atomic E-state index is 0.256. The lowest BCUT2D eigenvalue weighted by molar-refractivity contribution is -0.935. The van der Waals surface area contributed by atoms with Crippen molar-refractivity contribution in [2.45, 2.75) is 124 Å². The Labute approximate surface area is 232 Å². The van der Waals surface area contributed by atoms with Crippen LogP contribution in [0.1, 0.15) is 124 Å². The van der Waals surface area contributed by atoms with Gasteiger partial charge in [-0.25, -0.2) is 0 Å². The number of quaternary nitrogens is 1. The maximum absolute atomic E-state index is 11.9. The standard InChI is InChI=1S/C31H57NO6/c1-5-9-10-11-12-13-14-15-16-17-18-19-20-21-22-32(23-26(6-2)29(33)34,24-27(7-3)30(35)36)25-28(8-4)31(37)38/h11-12,26-28H,5-10,13-25H2,1-4H3,(H2-,33,34,35,36,37,38)/p+1/b12-11+. The molecule has 0 aromatic rings. The Morgan fingerprint density at radius 1 is 0.553 bits per heavy atom. The molecule has 38 heavy (non-hydrogen) atoms. The summed E-state index contributed by atoms with van der Waals surface area (Å²) in [6.07, 6.45) is 19.9. The van der Waals surface area contributed by atoms with Crippen LogP contribution in [0.5, 0.6) is 0 Å². The molecule has 0 saturated carbocycles. The largest absolute Gasteiger partial charge is 0.481 e. The first-order valence-electron chi connectivity index (χ1n) is 15.3. The van der Waals surface area contributed by atoms with Crippen molar-refractivity contribution in [1.29, 1.82) is 0 Å².